The second-order valence-corrected chi connectivity index (χ2v) is 9.48. The number of carbonyl (C=O) groups is 2. The number of sulfonamides is 1. The summed E-state index contributed by atoms with van der Waals surface area (Å²) >= 11 is 5.85. The maximum absolute atomic E-state index is 13.0. The highest BCUT2D eigenvalue weighted by atomic mass is 35.5. The first-order chi connectivity index (χ1) is 16.3. The van der Waals surface area contributed by atoms with Crippen LogP contribution < -0.4 is 14.9 Å². The van der Waals surface area contributed by atoms with Gasteiger partial charge in [0.1, 0.15) is 6.04 Å². The Hall–Kier alpha value is -3.15. The minimum atomic E-state index is -3.86. The minimum absolute atomic E-state index is 0.0670. The molecule has 0 aliphatic carbocycles. The van der Waals surface area contributed by atoms with Gasteiger partial charge >= 0.3 is 6.16 Å². The van der Waals surface area contributed by atoms with Crippen LogP contribution in [0.25, 0.3) is 0 Å². The number of rotatable bonds is 8. The number of hydrogen-bond donors (Lipinski definition) is 1. The zero-order valence-electron chi connectivity index (χ0n) is 18.6. The zero-order valence-corrected chi connectivity index (χ0v) is 20.1. The normalized spacial score (nSPS) is 16.4. The molecule has 1 aliphatic rings. The molecule has 1 N–H and O–H groups in total. The maximum atomic E-state index is 13.0. The number of benzene rings is 2. The molecule has 34 heavy (non-hydrogen) atoms. The minimum Gasteiger partial charge on any atom is -0.493 e. The van der Waals surface area contributed by atoms with Gasteiger partial charge in [0.2, 0.25) is 10.0 Å². The van der Waals surface area contributed by atoms with E-state index in [-0.39, 0.29) is 29.5 Å². The van der Waals surface area contributed by atoms with E-state index < -0.39 is 28.1 Å². The average Bonchev–Trinajstić information content (AvgIpc) is 3.31. The summed E-state index contributed by atoms with van der Waals surface area (Å²) in [6, 6.07) is 9.56. The molecule has 1 heterocycles. The van der Waals surface area contributed by atoms with Crippen LogP contribution in [-0.4, -0.2) is 57.3 Å². The summed E-state index contributed by atoms with van der Waals surface area (Å²) in [5.41, 5.74) is 2.94. The smallest absolute Gasteiger partial charge is 0.493 e. The maximum Gasteiger partial charge on any atom is 0.513 e. The van der Waals surface area contributed by atoms with Crippen molar-refractivity contribution in [1.29, 1.82) is 0 Å². The fraction of sp³-hybridized carbons (Fsp3) is 0.318. The van der Waals surface area contributed by atoms with Crippen LogP contribution in [-0.2, 0) is 19.6 Å². The van der Waals surface area contributed by atoms with Crippen molar-refractivity contribution in [2.75, 3.05) is 20.3 Å². The van der Waals surface area contributed by atoms with Gasteiger partial charge in [-0.15, -0.1) is 0 Å². The van der Waals surface area contributed by atoms with Gasteiger partial charge in [0, 0.05) is 11.6 Å². The number of hydrazone groups is 1. The Balaban J connectivity index is 1.67. The molecule has 0 aromatic heterocycles. The lowest BCUT2D eigenvalue weighted by molar-refractivity contribution is -0.124. The monoisotopic (exact) mass is 509 g/mol. The summed E-state index contributed by atoms with van der Waals surface area (Å²) in [6.45, 7) is 2.06. The number of nitrogens with one attached hydrogen (secondary N) is 1. The fourth-order valence-electron chi connectivity index (χ4n) is 3.36. The van der Waals surface area contributed by atoms with Crippen LogP contribution in [0.3, 0.4) is 0 Å². The molecular weight excluding hydrogens is 486 g/mol. The number of amides is 1. The predicted octanol–water partition coefficient (Wildman–Crippen LogP) is 3.19. The van der Waals surface area contributed by atoms with Crippen molar-refractivity contribution in [2.24, 2.45) is 5.10 Å². The van der Waals surface area contributed by atoms with Gasteiger partial charge in [-0.3, -0.25) is 4.79 Å². The second kappa shape index (κ2) is 11.3. The van der Waals surface area contributed by atoms with Gasteiger partial charge < -0.3 is 14.2 Å². The largest absolute Gasteiger partial charge is 0.513 e. The Morgan fingerprint density at radius 3 is 2.62 bits per heavy atom. The molecule has 0 spiro atoms. The molecule has 0 unspecified atom stereocenters. The average molecular weight is 510 g/mol. The van der Waals surface area contributed by atoms with E-state index in [9.17, 15) is 18.0 Å². The number of carbonyl (C=O) groups excluding carboxylic acids is 2. The molecule has 1 amide bonds. The third-order valence-corrected chi connectivity index (χ3v) is 7.13. The van der Waals surface area contributed by atoms with Crippen molar-refractivity contribution in [3.63, 3.8) is 0 Å². The van der Waals surface area contributed by atoms with Gasteiger partial charge in [0.25, 0.3) is 5.91 Å². The molecule has 12 heteroatoms. The highest BCUT2D eigenvalue weighted by molar-refractivity contribution is 7.89. The van der Waals surface area contributed by atoms with Gasteiger partial charge in [0.05, 0.1) is 24.8 Å². The summed E-state index contributed by atoms with van der Waals surface area (Å²) in [4.78, 5) is 24.3. The number of halogens is 1. The van der Waals surface area contributed by atoms with Crippen molar-refractivity contribution >= 4 is 39.9 Å². The lowest BCUT2D eigenvalue weighted by Crippen LogP contribution is -2.44. The number of methoxy groups -OCH3 is 1. The lowest BCUT2D eigenvalue weighted by atomic mass is 10.2. The summed E-state index contributed by atoms with van der Waals surface area (Å²) in [5, 5.41) is 4.35. The standard InChI is InChI=1S/C22H24ClN3O7S/c1-3-32-22(28)33-19-11-6-15(13-20(19)31-2)14-24-25-21(27)18-5-4-12-26(18)34(29,30)17-9-7-16(23)8-10-17/h6-11,13-14,18H,3-5,12H2,1-2H3,(H,25,27)/b24-14-/t18-/m1/s1. The van der Waals surface area contributed by atoms with Crippen LogP contribution in [0.2, 0.25) is 5.02 Å². The Labute approximate surface area is 202 Å². The fourth-order valence-corrected chi connectivity index (χ4v) is 5.15. The van der Waals surface area contributed by atoms with Gasteiger partial charge in [-0.05, 0) is 67.8 Å². The predicted molar refractivity (Wildman–Crippen MR) is 125 cm³/mol. The Morgan fingerprint density at radius 2 is 1.94 bits per heavy atom. The molecular formula is C22H24ClN3O7S. The van der Waals surface area contributed by atoms with Crippen molar-refractivity contribution in [2.45, 2.75) is 30.7 Å². The Bertz CT molecular complexity index is 1170. The SMILES string of the molecule is CCOC(=O)Oc1ccc(/C=N\NC(=O)[C@H]2CCCN2S(=O)(=O)c2ccc(Cl)cc2)cc1OC. The van der Waals surface area contributed by atoms with Crippen LogP contribution >= 0.6 is 11.6 Å². The van der Waals surface area contributed by atoms with Crippen LogP contribution in [0, 0.1) is 0 Å². The molecule has 0 saturated carbocycles. The highest BCUT2D eigenvalue weighted by Gasteiger charge is 2.39. The topological polar surface area (TPSA) is 124 Å². The summed E-state index contributed by atoms with van der Waals surface area (Å²) in [7, 11) is -2.45. The number of hydrogen-bond acceptors (Lipinski definition) is 8. The van der Waals surface area contributed by atoms with Gasteiger partial charge in [-0.1, -0.05) is 11.6 Å². The molecule has 1 saturated heterocycles. The van der Waals surface area contributed by atoms with Crippen molar-refractivity contribution in [1.82, 2.24) is 9.73 Å². The van der Waals surface area contributed by atoms with E-state index in [4.69, 9.17) is 25.8 Å². The second-order valence-electron chi connectivity index (χ2n) is 7.16. The molecule has 2 aromatic carbocycles. The quantitative estimate of drug-likeness (QED) is 0.251. The summed E-state index contributed by atoms with van der Waals surface area (Å²) in [6.07, 6.45) is 1.43. The van der Waals surface area contributed by atoms with Gasteiger partial charge in [0.15, 0.2) is 11.5 Å². The first-order valence-electron chi connectivity index (χ1n) is 10.4. The molecule has 1 fully saturated rings. The van der Waals surface area contributed by atoms with E-state index in [2.05, 4.69) is 10.5 Å². The van der Waals surface area contributed by atoms with Crippen LogP contribution in [0.1, 0.15) is 25.3 Å². The molecule has 0 radical (unpaired) electrons. The lowest BCUT2D eigenvalue weighted by Gasteiger charge is -2.22. The van der Waals surface area contributed by atoms with Crippen LogP contribution in [0.4, 0.5) is 4.79 Å². The molecule has 2 aromatic rings. The third kappa shape index (κ3) is 6.04. The summed E-state index contributed by atoms with van der Waals surface area (Å²) < 4.78 is 42.1. The van der Waals surface area contributed by atoms with E-state index in [0.29, 0.717) is 23.4 Å². The van der Waals surface area contributed by atoms with Gasteiger partial charge in [-0.25, -0.2) is 18.6 Å². The molecule has 182 valence electrons. The van der Waals surface area contributed by atoms with E-state index in [0.717, 1.165) is 0 Å². The van der Waals surface area contributed by atoms with E-state index >= 15 is 0 Å². The molecule has 0 bridgehead atoms. The Morgan fingerprint density at radius 1 is 1.21 bits per heavy atom. The summed E-state index contributed by atoms with van der Waals surface area (Å²) in [5.74, 6) is -0.115. The zero-order chi connectivity index (χ0) is 24.7. The molecule has 10 nitrogen and oxygen atoms in total. The van der Waals surface area contributed by atoms with Crippen molar-refractivity contribution in [3.8, 4) is 11.5 Å². The molecule has 1 aliphatic heterocycles. The first-order valence-corrected chi connectivity index (χ1v) is 12.2. The van der Waals surface area contributed by atoms with Crippen molar-refractivity contribution < 1.29 is 32.2 Å². The first kappa shape index (κ1) is 25.5. The third-order valence-electron chi connectivity index (χ3n) is 4.96. The molecule has 3 rings (SSSR count). The Kier molecular flexibility index (Phi) is 8.48. The molecule has 1 atom stereocenters. The van der Waals surface area contributed by atoms with E-state index in [1.165, 1.54) is 48.0 Å². The highest BCUT2D eigenvalue weighted by Crippen LogP contribution is 2.28. The van der Waals surface area contributed by atoms with Crippen LogP contribution in [0.5, 0.6) is 11.5 Å². The number of ether oxygens (including phenoxy) is 3. The van der Waals surface area contributed by atoms with E-state index in [1.807, 2.05) is 0 Å². The van der Waals surface area contributed by atoms with Crippen molar-refractivity contribution in [3.05, 3.63) is 53.1 Å². The van der Waals surface area contributed by atoms with Gasteiger partial charge in [-0.2, -0.15) is 9.41 Å². The van der Waals surface area contributed by atoms with Crippen LogP contribution in [0.15, 0.2) is 52.5 Å². The number of nitrogens with zero attached hydrogens (tertiary/aromatic N) is 2. The van der Waals surface area contributed by atoms with E-state index in [1.54, 1.807) is 19.1 Å².